The summed E-state index contributed by atoms with van der Waals surface area (Å²) in [5.41, 5.74) is 12.3. The number of benzene rings is 4. The molecule has 6 rings (SSSR count). The molecule has 1 aromatic heterocycles. The zero-order valence-corrected chi connectivity index (χ0v) is 20.1. The van der Waals surface area contributed by atoms with Crippen molar-refractivity contribution in [3.05, 3.63) is 101 Å². The summed E-state index contributed by atoms with van der Waals surface area (Å²) >= 11 is 0. The molecule has 0 amide bonds. The molecule has 0 unspecified atom stereocenters. The molecule has 33 heavy (non-hydrogen) atoms. The van der Waals surface area contributed by atoms with Crippen LogP contribution in [0.25, 0.3) is 38.6 Å². The predicted molar refractivity (Wildman–Crippen MR) is 142 cm³/mol. The van der Waals surface area contributed by atoms with E-state index in [0.717, 1.165) is 6.42 Å². The summed E-state index contributed by atoms with van der Waals surface area (Å²) in [6.07, 6.45) is 3.64. The number of unbranched alkanes of at least 4 members (excludes halogenated alkanes) is 1. The molecular weight excluding hydrogens is 398 g/mol. The van der Waals surface area contributed by atoms with Gasteiger partial charge in [0, 0.05) is 21.9 Å². The summed E-state index contributed by atoms with van der Waals surface area (Å²) in [5, 5.41) is 2.66. The molecule has 0 radical (unpaired) electrons. The van der Waals surface area contributed by atoms with Crippen LogP contribution in [0.2, 0.25) is 0 Å². The number of fused-ring (bicyclic) bond motifs is 6. The van der Waals surface area contributed by atoms with Gasteiger partial charge in [-0.15, -0.1) is 0 Å². The Morgan fingerprint density at radius 2 is 1.48 bits per heavy atom. The minimum absolute atomic E-state index is 0.00327. The van der Waals surface area contributed by atoms with E-state index in [1.807, 2.05) is 0 Å². The van der Waals surface area contributed by atoms with Crippen LogP contribution >= 0.6 is 0 Å². The first-order valence-electron chi connectivity index (χ1n) is 12.3. The van der Waals surface area contributed by atoms with Crippen LogP contribution in [0.4, 0.5) is 0 Å². The highest BCUT2D eigenvalue weighted by atomic mass is 15.0. The highest BCUT2D eigenvalue weighted by Crippen LogP contribution is 2.51. The van der Waals surface area contributed by atoms with Crippen molar-refractivity contribution in [1.82, 2.24) is 4.57 Å². The maximum Gasteiger partial charge on any atom is 0.0544 e. The Morgan fingerprint density at radius 3 is 2.27 bits per heavy atom. The maximum absolute atomic E-state index is 2.47. The van der Waals surface area contributed by atoms with Crippen LogP contribution in [0.1, 0.15) is 55.9 Å². The maximum atomic E-state index is 2.47. The molecule has 5 aromatic rings. The van der Waals surface area contributed by atoms with Crippen molar-refractivity contribution in [3.8, 4) is 16.8 Å². The Morgan fingerprint density at radius 1 is 0.727 bits per heavy atom. The lowest BCUT2D eigenvalue weighted by Crippen LogP contribution is -2.15. The van der Waals surface area contributed by atoms with Crippen molar-refractivity contribution in [2.24, 2.45) is 0 Å². The van der Waals surface area contributed by atoms with E-state index in [2.05, 4.69) is 111 Å². The van der Waals surface area contributed by atoms with Crippen LogP contribution in [-0.2, 0) is 11.8 Å². The molecule has 0 saturated heterocycles. The van der Waals surface area contributed by atoms with Crippen LogP contribution in [0.15, 0.2) is 78.9 Å². The fourth-order valence-electron chi connectivity index (χ4n) is 5.77. The highest BCUT2D eigenvalue weighted by molar-refractivity contribution is 6.11. The first kappa shape index (κ1) is 20.3. The van der Waals surface area contributed by atoms with Crippen LogP contribution in [0, 0.1) is 6.92 Å². The molecule has 1 heteroatoms. The van der Waals surface area contributed by atoms with Crippen LogP contribution < -0.4 is 0 Å². The lowest BCUT2D eigenvalue weighted by atomic mass is 9.82. The molecule has 0 N–H and O–H groups in total. The Kier molecular flexibility index (Phi) is 4.52. The highest BCUT2D eigenvalue weighted by Gasteiger charge is 2.36. The number of aryl methyl sites for hydroxylation is 2. The normalized spacial score (nSPS) is 14.1. The lowest BCUT2D eigenvalue weighted by Gasteiger charge is -2.22. The Labute approximate surface area is 196 Å². The molecule has 0 bridgehead atoms. The van der Waals surface area contributed by atoms with Gasteiger partial charge in [0.2, 0.25) is 0 Å². The average Bonchev–Trinajstić information content (AvgIpc) is 3.26. The van der Waals surface area contributed by atoms with Crippen molar-refractivity contribution in [2.75, 3.05) is 0 Å². The van der Waals surface area contributed by atoms with Gasteiger partial charge >= 0.3 is 0 Å². The van der Waals surface area contributed by atoms with Gasteiger partial charge in [-0.1, -0.05) is 81.3 Å². The first-order valence-corrected chi connectivity index (χ1v) is 12.3. The number of hydrogen-bond donors (Lipinski definition) is 0. The van der Waals surface area contributed by atoms with Gasteiger partial charge in [-0.25, -0.2) is 0 Å². The molecule has 0 fully saturated rings. The van der Waals surface area contributed by atoms with Crippen molar-refractivity contribution in [3.63, 3.8) is 0 Å². The number of para-hydroxylation sites is 1. The Hall–Kier alpha value is -3.32. The summed E-state index contributed by atoms with van der Waals surface area (Å²) in [7, 11) is 0. The van der Waals surface area contributed by atoms with E-state index in [4.69, 9.17) is 0 Å². The van der Waals surface area contributed by atoms with Gasteiger partial charge in [-0.2, -0.15) is 0 Å². The smallest absolute Gasteiger partial charge is 0.0544 e. The van der Waals surface area contributed by atoms with E-state index >= 15 is 0 Å². The van der Waals surface area contributed by atoms with E-state index in [0.29, 0.717) is 0 Å². The molecule has 1 nitrogen and oxygen atoms in total. The standard InChI is InChI=1S/C32H31N/c1-5-6-9-22-14-17-28-25(18-22)26-19-27-24-10-7-8-11-30(24)33(23-15-12-21(2)13-16-23)31(27)20-29(26)32(28,3)4/h7-8,10-20H,5-6,9H2,1-4H3. The quantitative estimate of drug-likeness (QED) is 0.269. The van der Waals surface area contributed by atoms with E-state index in [-0.39, 0.29) is 5.41 Å². The summed E-state index contributed by atoms with van der Waals surface area (Å²) in [6, 6.07) is 29.9. The largest absolute Gasteiger partial charge is 0.309 e. The van der Waals surface area contributed by atoms with Gasteiger partial charge in [-0.05, 0) is 77.9 Å². The topological polar surface area (TPSA) is 4.93 Å². The van der Waals surface area contributed by atoms with E-state index in [1.54, 1.807) is 0 Å². The minimum atomic E-state index is -0.00327. The summed E-state index contributed by atoms with van der Waals surface area (Å²) in [6.45, 7) is 9.19. The molecule has 1 aliphatic carbocycles. The van der Waals surface area contributed by atoms with Crippen molar-refractivity contribution in [1.29, 1.82) is 0 Å². The SMILES string of the molecule is CCCCc1ccc2c(c1)-c1cc3c4ccccc4n(-c4ccc(C)cc4)c3cc1C2(C)C. The number of hydrogen-bond acceptors (Lipinski definition) is 0. The number of nitrogens with zero attached hydrogens (tertiary/aromatic N) is 1. The molecule has 0 saturated carbocycles. The van der Waals surface area contributed by atoms with Crippen molar-refractivity contribution in [2.45, 2.75) is 52.4 Å². The molecule has 0 atom stereocenters. The van der Waals surface area contributed by atoms with Gasteiger partial charge < -0.3 is 4.57 Å². The van der Waals surface area contributed by atoms with Crippen LogP contribution in [-0.4, -0.2) is 4.57 Å². The third-order valence-corrected chi connectivity index (χ3v) is 7.64. The summed E-state index contributed by atoms with van der Waals surface area (Å²) in [4.78, 5) is 0. The second-order valence-electron chi connectivity index (χ2n) is 10.2. The molecule has 164 valence electrons. The third-order valence-electron chi connectivity index (χ3n) is 7.64. The van der Waals surface area contributed by atoms with Gasteiger partial charge in [0.05, 0.1) is 11.0 Å². The minimum Gasteiger partial charge on any atom is -0.309 e. The number of aromatic nitrogens is 1. The fraction of sp³-hybridized carbons (Fsp3) is 0.250. The van der Waals surface area contributed by atoms with Gasteiger partial charge in [0.25, 0.3) is 0 Å². The number of rotatable bonds is 4. The van der Waals surface area contributed by atoms with Crippen LogP contribution in [0.5, 0.6) is 0 Å². The van der Waals surface area contributed by atoms with Crippen LogP contribution in [0.3, 0.4) is 0 Å². The molecule has 1 heterocycles. The molecule has 0 aliphatic heterocycles. The average molecular weight is 430 g/mol. The Balaban J connectivity index is 1.65. The van der Waals surface area contributed by atoms with E-state index < -0.39 is 0 Å². The van der Waals surface area contributed by atoms with Gasteiger partial charge in [0.15, 0.2) is 0 Å². The lowest BCUT2D eigenvalue weighted by molar-refractivity contribution is 0.660. The van der Waals surface area contributed by atoms with Gasteiger partial charge in [0.1, 0.15) is 0 Å². The van der Waals surface area contributed by atoms with E-state index in [9.17, 15) is 0 Å². The van der Waals surface area contributed by atoms with Gasteiger partial charge in [-0.3, -0.25) is 0 Å². The molecular formula is C32H31N. The predicted octanol–water partition coefficient (Wildman–Crippen LogP) is 8.74. The fourth-order valence-corrected chi connectivity index (χ4v) is 5.77. The zero-order valence-electron chi connectivity index (χ0n) is 20.1. The summed E-state index contributed by atoms with van der Waals surface area (Å²) in [5.74, 6) is 0. The molecule has 0 spiro atoms. The third kappa shape index (κ3) is 2.99. The second kappa shape index (κ2) is 7.35. The van der Waals surface area contributed by atoms with Crippen molar-refractivity contribution >= 4 is 21.8 Å². The first-order chi connectivity index (χ1) is 16.0. The second-order valence-corrected chi connectivity index (χ2v) is 10.2. The Bertz CT molecular complexity index is 1510. The van der Waals surface area contributed by atoms with E-state index in [1.165, 1.54) is 73.7 Å². The monoisotopic (exact) mass is 429 g/mol. The van der Waals surface area contributed by atoms with Crippen molar-refractivity contribution < 1.29 is 0 Å². The zero-order chi connectivity index (χ0) is 22.7. The molecule has 1 aliphatic rings. The molecule has 4 aromatic carbocycles. The summed E-state index contributed by atoms with van der Waals surface area (Å²) < 4.78 is 2.44.